The molecule has 4 N–H and O–H groups in total. The van der Waals surface area contributed by atoms with Gasteiger partial charge in [0.2, 0.25) is 0 Å². The fourth-order valence-corrected chi connectivity index (χ4v) is 1.60. The van der Waals surface area contributed by atoms with Gasteiger partial charge in [-0.2, -0.15) is 0 Å². The van der Waals surface area contributed by atoms with Crippen molar-refractivity contribution in [3.63, 3.8) is 0 Å². The van der Waals surface area contributed by atoms with Crippen LogP contribution >= 0.6 is 0 Å². The lowest BCUT2D eigenvalue weighted by Crippen LogP contribution is -2.15. The Morgan fingerprint density at radius 3 is 2.72 bits per heavy atom. The van der Waals surface area contributed by atoms with Crippen molar-refractivity contribution in [2.75, 3.05) is 12.3 Å². The highest BCUT2D eigenvalue weighted by Gasteiger charge is 2.22. The number of nitrogen functional groups attached to an aromatic ring is 1. The maximum atomic E-state index is 13.0. The van der Waals surface area contributed by atoms with Crippen LogP contribution in [-0.2, 0) is 22.5 Å². The summed E-state index contributed by atoms with van der Waals surface area (Å²) in [4.78, 5) is 15.1. The lowest BCUT2D eigenvalue weighted by atomic mass is 10.0. The minimum Gasteiger partial charge on any atom is -0.466 e. The van der Waals surface area contributed by atoms with E-state index in [-0.39, 0.29) is 42.1 Å². The molecule has 1 aromatic heterocycles. The van der Waals surface area contributed by atoms with E-state index in [0.717, 1.165) is 0 Å². The molecule has 0 aliphatic heterocycles. The second kappa shape index (κ2) is 6.25. The number of aromatic nitrogens is 1. The van der Waals surface area contributed by atoms with Crippen molar-refractivity contribution in [1.29, 1.82) is 0 Å². The molecule has 1 heterocycles. The summed E-state index contributed by atoms with van der Waals surface area (Å²) in [5.74, 6) is -0.724. The predicted octanol–water partition coefficient (Wildman–Crippen LogP) is 1.17. The molecule has 1 aromatic rings. The first-order valence-corrected chi connectivity index (χ1v) is 5.41. The van der Waals surface area contributed by atoms with Crippen molar-refractivity contribution in [3.05, 3.63) is 22.9 Å². The Morgan fingerprint density at radius 1 is 1.56 bits per heavy atom. The highest BCUT2D eigenvalue weighted by molar-refractivity contribution is 5.75. The van der Waals surface area contributed by atoms with Gasteiger partial charge in [-0.1, -0.05) is 0 Å². The van der Waals surface area contributed by atoms with Crippen molar-refractivity contribution in [3.8, 4) is 0 Å². The molecular formula is C11H15F2N3O2. The summed E-state index contributed by atoms with van der Waals surface area (Å²) in [5, 5.41) is 0. The Morgan fingerprint density at radius 2 is 2.22 bits per heavy atom. The number of pyridine rings is 1. The van der Waals surface area contributed by atoms with E-state index in [1.807, 2.05) is 0 Å². The molecule has 100 valence electrons. The number of esters is 1. The van der Waals surface area contributed by atoms with E-state index < -0.39 is 12.4 Å². The van der Waals surface area contributed by atoms with Crippen molar-refractivity contribution in [2.24, 2.45) is 5.73 Å². The Kier molecular flexibility index (Phi) is 4.96. The van der Waals surface area contributed by atoms with E-state index in [1.54, 1.807) is 6.92 Å². The average molecular weight is 259 g/mol. The van der Waals surface area contributed by atoms with Gasteiger partial charge in [-0.25, -0.2) is 13.8 Å². The van der Waals surface area contributed by atoms with Crippen LogP contribution in [0.2, 0.25) is 0 Å². The first-order chi connectivity index (χ1) is 8.51. The third-order valence-corrected chi connectivity index (χ3v) is 2.40. The molecule has 0 fully saturated rings. The van der Waals surface area contributed by atoms with Gasteiger partial charge in [0.1, 0.15) is 5.82 Å². The Balaban J connectivity index is 3.18. The highest BCUT2D eigenvalue weighted by Crippen LogP contribution is 2.29. The maximum absolute atomic E-state index is 13.0. The van der Waals surface area contributed by atoms with Crippen LogP contribution in [0, 0.1) is 0 Å². The number of halogens is 2. The van der Waals surface area contributed by atoms with Crippen LogP contribution < -0.4 is 11.5 Å². The standard InChI is InChI=1S/C11H15F2N3O2/c1-2-18-8(17)3-7-9(10(12)13)6(4-14)5-16-11(7)15/h5,10H,2-4,14H2,1H3,(H2,15,16). The third kappa shape index (κ3) is 3.13. The van der Waals surface area contributed by atoms with Crippen molar-refractivity contribution < 1.29 is 18.3 Å². The number of nitrogens with two attached hydrogens (primary N) is 2. The molecule has 0 amide bonds. The van der Waals surface area contributed by atoms with Crippen LogP contribution in [0.15, 0.2) is 6.20 Å². The van der Waals surface area contributed by atoms with Gasteiger partial charge in [-0.05, 0) is 12.5 Å². The molecule has 1 rings (SSSR count). The smallest absolute Gasteiger partial charge is 0.310 e. The third-order valence-electron chi connectivity index (χ3n) is 2.40. The monoisotopic (exact) mass is 259 g/mol. The van der Waals surface area contributed by atoms with Gasteiger partial charge in [0.25, 0.3) is 6.43 Å². The molecule has 18 heavy (non-hydrogen) atoms. The molecule has 0 aliphatic rings. The molecule has 0 saturated carbocycles. The molecule has 0 atom stereocenters. The zero-order valence-electron chi connectivity index (χ0n) is 9.95. The maximum Gasteiger partial charge on any atom is 0.310 e. The zero-order chi connectivity index (χ0) is 13.7. The van der Waals surface area contributed by atoms with Gasteiger partial charge in [0, 0.05) is 23.9 Å². The average Bonchev–Trinajstić information content (AvgIpc) is 2.31. The molecule has 0 saturated heterocycles. The molecule has 0 bridgehead atoms. The number of alkyl halides is 2. The van der Waals surface area contributed by atoms with Gasteiger partial charge >= 0.3 is 5.97 Å². The number of ether oxygens (including phenoxy) is 1. The summed E-state index contributed by atoms with van der Waals surface area (Å²) >= 11 is 0. The minimum atomic E-state index is -2.77. The van der Waals surface area contributed by atoms with Gasteiger partial charge in [-0.3, -0.25) is 4.79 Å². The second-order valence-electron chi connectivity index (χ2n) is 3.55. The number of carbonyl (C=O) groups excluding carboxylic acids is 1. The second-order valence-corrected chi connectivity index (χ2v) is 3.55. The van der Waals surface area contributed by atoms with E-state index in [9.17, 15) is 13.6 Å². The van der Waals surface area contributed by atoms with Crippen molar-refractivity contribution in [2.45, 2.75) is 26.3 Å². The topological polar surface area (TPSA) is 91.2 Å². The van der Waals surface area contributed by atoms with Crippen LogP contribution in [0.1, 0.15) is 30.0 Å². The van der Waals surface area contributed by atoms with E-state index in [0.29, 0.717) is 0 Å². The number of rotatable bonds is 5. The number of nitrogens with zero attached hydrogens (tertiary/aromatic N) is 1. The van der Waals surface area contributed by atoms with Gasteiger partial charge < -0.3 is 16.2 Å². The quantitative estimate of drug-likeness (QED) is 0.774. The molecule has 7 heteroatoms. The van der Waals surface area contributed by atoms with Crippen LogP contribution in [0.25, 0.3) is 0 Å². The lowest BCUT2D eigenvalue weighted by Gasteiger charge is -2.14. The van der Waals surface area contributed by atoms with Crippen LogP contribution in [-0.4, -0.2) is 17.6 Å². The van der Waals surface area contributed by atoms with Crippen LogP contribution in [0.4, 0.5) is 14.6 Å². The summed E-state index contributed by atoms with van der Waals surface area (Å²) in [6, 6.07) is 0. The Bertz CT molecular complexity index is 439. The van der Waals surface area contributed by atoms with E-state index >= 15 is 0 Å². The fourth-order valence-electron chi connectivity index (χ4n) is 1.60. The van der Waals surface area contributed by atoms with E-state index in [4.69, 9.17) is 16.2 Å². The summed E-state index contributed by atoms with van der Waals surface area (Å²) < 4.78 is 30.7. The van der Waals surface area contributed by atoms with Crippen LogP contribution in [0.3, 0.4) is 0 Å². The lowest BCUT2D eigenvalue weighted by molar-refractivity contribution is -0.142. The summed E-state index contributed by atoms with van der Waals surface area (Å²) in [5.41, 5.74) is 10.8. The molecule has 0 aromatic carbocycles. The van der Waals surface area contributed by atoms with Crippen LogP contribution in [0.5, 0.6) is 0 Å². The summed E-state index contributed by atoms with van der Waals surface area (Å²) in [7, 11) is 0. The van der Waals surface area contributed by atoms with Crippen molar-refractivity contribution >= 4 is 11.8 Å². The minimum absolute atomic E-state index is 0.00796. The Hall–Kier alpha value is -1.76. The molecule has 0 aliphatic carbocycles. The summed E-state index contributed by atoms with van der Waals surface area (Å²) in [6.07, 6.45) is -1.90. The van der Waals surface area contributed by atoms with E-state index in [1.165, 1.54) is 6.20 Å². The number of hydrogen-bond acceptors (Lipinski definition) is 5. The SMILES string of the molecule is CCOC(=O)Cc1c(N)ncc(CN)c1C(F)F. The van der Waals surface area contributed by atoms with Gasteiger partial charge in [0.05, 0.1) is 13.0 Å². The summed E-state index contributed by atoms with van der Waals surface area (Å²) in [6.45, 7) is 1.71. The van der Waals surface area contributed by atoms with Gasteiger partial charge in [0.15, 0.2) is 0 Å². The fraction of sp³-hybridized carbons (Fsp3) is 0.455. The molecule has 5 nitrogen and oxygen atoms in total. The van der Waals surface area contributed by atoms with Gasteiger partial charge in [-0.15, -0.1) is 0 Å². The predicted molar refractivity (Wildman–Crippen MR) is 61.8 cm³/mol. The first kappa shape index (κ1) is 14.3. The largest absolute Gasteiger partial charge is 0.466 e. The molecule has 0 spiro atoms. The molecule has 0 unspecified atom stereocenters. The Labute approximate surface area is 103 Å². The first-order valence-electron chi connectivity index (χ1n) is 5.41. The normalized spacial score (nSPS) is 10.7. The van der Waals surface area contributed by atoms with E-state index in [2.05, 4.69) is 4.98 Å². The highest BCUT2D eigenvalue weighted by atomic mass is 19.3. The van der Waals surface area contributed by atoms with Crippen molar-refractivity contribution in [1.82, 2.24) is 4.98 Å². The zero-order valence-corrected chi connectivity index (χ0v) is 9.95. The number of carbonyl (C=O) groups is 1. The number of hydrogen-bond donors (Lipinski definition) is 2. The number of anilines is 1. The molecular weight excluding hydrogens is 244 g/mol. The molecule has 0 radical (unpaired) electrons.